The van der Waals surface area contributed by atoms with E-state index >= 15 is 0 Å². The van der Waals surface area contributed by atoms with Crippen LogP contribution in [0.5, 0.6) is 17.2 Å². The quantitative estimate of drug-likeness (QED) is 0.699. The molecule has 2 atom stereocenters. The number of ether oxygens (including phenoxy) is 3. The Labute approximate surface area is 143 Å². The molecule has 1 aromatic carbocycles. The van der Waals surface area contributed by atoms with Crippen molar-refractivity contribution >= 4 is 0 Å². The van der Waals surface area contributed by atoms with Crippen molar-refractivity contribution in [1.82, 2.24) is 0 Å². The molecule has 3 aliphatic heterocycles. The van der Waals surface area contributed by atoms with Crippen LogP contribution in [0.3, 0.4) is 0 Å². The Morgan fingerprint density at radius 1 is 1.25 bits per heavy atom. The van der Waals surface area contributed by atoms with E-state index in [1.807, 2.05) is 0 Å². The second-order valence-corrected chi connectivity index (χ2v) is 6.95. The Morgan fingerprint density at radius 2 is 2.08 bits per heavy atom. The number of benzene rings is 1. The minimum atomic E-state index is 0.139. The van der Waals surface area contributed by atoms with Crippen molar-refractivity contribution < 1.29 is 24.0 Å². The number of rotatable bonds is 2. The zero-order valence-electron chi connectivity index (χ0n) is 14.5. The lowest BCUT2D eigenvalue weighted by Crippen LogP contribution is -3.10. The normalized spacial score (nSPS) is 25.1. The number of quaternary nitrogens is 2. The molecule has 24 heavy (non-hydrogen) atoms. The van der Waals surface area contributed by atoms with Crippen molar-refractivity contribution in [2.45, 2.75) is 25.3 Å². The summed E-state index contributed by atoms with van der Waals surface area (Å²) in [6.45, 7) is 4.82. The van der Waals surface area contributed by atoms with Gasteiger partial charge in [-0.05, 0) is 23.5 Å². The molecule has 0 bridgehead atoms. The van der Waals surface area contributed by atoms with Gasteiger partial charge in [-0.25, -0.2) is 0 Å². The van der Waals surface area contributed by atoms with Crippen LogP contribution in [0.15, 0.2) is 6.07 Å². The van der Waals surface area contributed by atoms with Crippen LogP contribution in [0.1, 0.15) is 30.0 Å². The monoisotopic (exact) mass is 330 g/mol. The zero-order chi connectivity index (χ0) is 16.5. The first kappa shape index (κ1) is 15.6. The van der Waals surface area contributed by atoms with Gasteiger partial charge in [-0.2, -0.15) is 0 Å². The Morgan fingerprint density at radius 3 is 2.88 bits per heavy atom. The van der Waals surface area contributed by atoms with Crippen molar-refractivity contribution in [2.75, 3.05) is 47.1 Å². The summed E-state index contributed by atoms with van der Waals surface area (Å²) < 4.78 is 16.9. The van der Waals surface area contributed by atoms with Gasteiger partial charge < -0.3 is 24.0 Å². The standard InChI is InChI=1S/C19H24N2O3/c1-20-11-7-14-12-16-18(24-13-23-16)19(22-2)17(14)15(20)6-5-10-21-8-3-4-9-21/h12,15H,3-4,7-11,13H2,1-2H3/p+2/t15-/m1/s1. The Balaban J connectivity index is 1.67. The number of likely N-dealkylation sites (N-methyl/N-ethyl adjacent to an activating group) is 1. The van der Waals surface area contributed by atoms with Gasteiger partial charge in [-0.15, -0.1) is 0 Å². The average molecular weight is 330 g/mol. The second-order valence-electron chi connectivity index (χ2n) is 6.95. The van der Waals surface area contributed by atoms with E-state index in [4.69, 9.17) is 14.2 Å². The molecule has 3 aliphatic rings. The molecule has 4 rings (SSSR count). The molecular formula is C19H26N2O3+2. The van der Waals surface area contributed by atoms with Crippen LogP contribution >= 0.6 is 0 Å². The average Bonchev–Trinajstić information content (AvgIpc) is 3.26. The summed E-state index contributed by atoms with van der Waals surface area (Å²) >= 11 is 0. The molecule has 128 valence electrons. The maximum atomic E-state index is 5.72. The molecule has 0 aromatic heterocycles. The first-order chi connectivity index (χ1) is 11.8. The van der Waals surface area contributed by atoms with Gasteiger partial charge in [0.05, 0.1) is 39.4 Å². The van der Waals surface area contributed by atoms with Gasteiger partial charge in [-0.1, -0.05) is 0 Å². The Hall–Kier alpha value is -1.90. The number of nitrogens with one attached hydrogen (secondary N) is 2. The van der Waals surface area contributed by atoms with Gasteiger partial charge in [0, 0.05) is 19.3 Å². The molecule has 0 amide bonds. The summed E-state index contributed by atoms with van der Waals surface area (Å²) in [4.78, 5) is 3.04. The summed E-state index contributed by atoms with van der Waals surface area (Å²) in [5, 5.41) is 0. The highest BCUT2D eigenvalue weighted by atomic mass is 16.7. The first-order valence-corrected chi connectivity index (χ1v) is 8.91. The third-order valence-corrected chi connectivity index (χ3v) is 5.41. The molecule has 1 aromatic rings. The smallest absolute Gasteiger partial charge is 0.231 e. The molecule has 0 saturated carbocycles. The summed E-state index contributed by atoms with van der Waals surface area (Å²) in [5.41, 5.74) is 2.48. The summed E-state index contributed by atoms with van der Waals surface area (Å²) in [7, 11) is 3.93. The number of methoxy groups -OCH3 is 1. The van der Waals surface area contributed by atoms with Crippen LogP contribution in [0.25, 0.3) is 0 Å². The van der Waals surface area contributed by atoms with E-state index in [0.29, 0.717) is 0 Å². The van der Waals surface area contributed by atoms with Crippen LogP contribution in [0.4, 0.5) is 0 Å². The third-order valence-electron chi connectivity index (χ3n) is 5.41. The lowest BCUT2D eigenvalue weighted by molar-refractivity contribution is -0.905. The molecule has 0 aliphatic carbocycles. The maximum Gasteiger partial charge on any atom is 0.231 e. The number of hydrogen-bond acceptors (Lipinski definition) is 3. The topological polar surface area (TPSA) is 36.6 Å². The van der Waals surface area contributed by atoms with Gasteiger partial charge >= 0.3 is 0 Å². The maximum absolute atomic E-state index is 5.72. The number of hydrogen-bond donors (Lipinski definition) is 2. The SMILES string of the molecule is COc1c2c(cc3c1[C@@H](C#CC[NH+]1CCCC1)[NH+](C)CC3)OCO2. The molecule has 5 heteroatoms. The molecule has 1 unspecified atom stereocenters. The summed E-state index contributed by atoms with van der Waals surface area (Å²) in [6, 6.07) is 2.26. The highest BCUT2D eigenvalue weighted by Crippen LogP contribution is 2.47. The summed E-state index contributed by atoms with van der Waals surface area (Å²) in [5.74, 6) is 9.34. The fourth-order valence-electron chi connectivity index (χ4n) is 4.05. The molecule has 5 nitrogen and oxygen atoms in total. The van der Waals surface area contributed by atoms with E-state index in [9.17, 15) is 0 Å². The van der Waals surface area contributed by atoms with Crippen molar-refractivity contribution in [3.05, 3.63) is 17.2 Å². The highest BCUT2D eigenvalue weighted by molar-refractivity contribution is 5.62. The zero-order valence-corrected chi connectivity index (χ0v) is 14.5. The van der Waals surface area contributed by atoms with Crippen LogP contribution in [-0.2, 0) is 6.42 Å². The molecule has 0 spiro atoms. The van der Waals surface area contributed by atoms with Crippen LogP contribution in [0.2, 0.25) is 0 Å². The predicted molar refractivity (Wildman–Crippen MR) is 89.9 cm³/mol. The van der Waals surface area contributed by atoms with Gasteiger partial charge in [-0.3, -0.25) is 0 Å². The fourth-order valence-corrected chi connectivity index (χ4v) is 4.05. The minimum absolute atomic E-state index is 0.139. The molecular weight excluding hydrogens is 304 g/mol. The lowest BCUT2D eigenvalue weighted by Gasteiger charge is -2.30. The molecule has 1 fully saturated rings. The van der Waals surface area contributed by atoms with Gasteiger partial charge in [0.15, 0.2) is 17.5 Å². The molecule has 3 heterocycles. The molecule has 1 saturated heterocycles. The third kappa shape index (κ3) is 2.70. The van der Waals surface area contributed by atoms with Gasteiger partial charge in [0.1, 0.15) is 6.54 Å². The van der Waals surface area contributed by atoms with Gasteiger partial charge in [0.25, 0.3) is 0 Å². The van der Waals surface area contributed by atoms with Crippen molar-refractivity contribution in [3.63, 3.8) is 0 Å². The van der Waals surface area contributed by atoms with Gasteiger partial charge in [0.2, 0.25) is 12.5 Å². The van der Waals surface area contributed by atoms with E-state index in [1.165, 1.54) is 42.0 Å². The van der Waals surface area contributed by atoms with Crippen molar-refractivity contribution in [1.29, 1.82) is 0 Å². The highest BCUT2D eigenvalue weighted by Gasteiger charge is 2.35. The van der Waals surface area contributed by atoms with E-state index in [-0.39, 0.29) is 12.8 Å². The van der Waals surface area contributed by atoms with E-state index in [2.05, 4.69) is 25.0 Å². The van der Waals surface area contributed by atoms with Crippen LogP contribution < -0.4 is 24.0 Å². The lowest BCUT2D eigenvalue weighted by atomic mass is 9.91. The first-order valence-electron chi connectivity index (χ1n) is 8.91. The van der Waals surface area contributed by atoms with E-state index in [0.717, 1.165) is 36.8 Å². The number of fused-ring (bicyclic) bond motifs is 2. The second kappa shape index (κ2) is 6.54. The predicted octanol–water partition coefficient (Wildman–Crippen LogP) is -0.782. The van der Waals surface area contributed by atoms with Crippen LogP contribution in [0, 0.1) is 11.8 Å². The largest absolute Gasteiger partial charge is 0.492 e. The summed E-state index contributed by atoms with van der Waals surface area (Å²) in [6.07, 6.45) is 3.70. The minimum Gasteiger partial charge on any atom is -0.492 e. The van der Waals surface area contributed by atoms with E-state index in [1.54, 1.807) is 12.0 Å². The molecule has 2 N–H and O–H groups in total. The van der Waals surface area contributed by atoms with Crippen LogP contribution in [-0.4, -0.2) is 47.1 Å². The number of likely N-dealkylation sites (tertiary alicyclic amines) is 1. The van der Waals surface area contributed by atoms with Crippen molar-refractivity contribution in [2.24, 2.45) is 0 Å². The van der Waals surface area contributed by atoms with E-state index < -0.39 is 0 Å². The molecule has 0 radical (unpaired) electrons. The fraction of sp³-hybridized carbons (Fsp3) is 0.579. The van der Waals surface area contributed by atoms with Crippen molar-refractivity contribution in [3.8, 4) is 29.1 Å². The Kier molecular flexibility index (Phi) is 4.26. The Bertz CT molecular complexity index is 686.